The molecule has 7 rings (SSSR count). The first kappa shape index (κ1) is 27.1. The van der Waals surface area contributed by atoms with Gasteiger partial charge in [0.25, 0.3) is 0 Å². The molecule has 0 saturated carbocycles. The Bertz CT molecular complexity index is 1710. The first-order valence-electron chi connectivity index (χ1n) is 14.7. The molecule has 2 aliphatic rings. The van der Waals surface area contributed by atoms with Crippen molar-refractivity contribution in [2.75, 3.05) is 0 Å². The lowest BCUT2D eigenvalue weighted by Crippen LogP contribution is -2.01. The largest absolute Gasteiger partial charge is 0.456 e. The summed E-state index contributed by atoms with van der Waals surface area (Å²) in [4.78, 5) is 0. The molecule has 0 saturated heterocycles. The molecule has 0 spiro atoms. The van der Waals surface area contributed by atoms with Crippen LogP contribution in [0.15, 0.2) is 169 Å². The van der Waals surface area contributed by atoms with Gasteiger partial charge >= 0.3 is 0 Å². The van der Waals surface area contributed by atoms with Crippen molar-refractivity contribution in [2.24, 2.45) is 7.05 Å². The molecule has 5 aromatic rings. The number of allylic oxidation sites excluding steroid dienone is 6. The van der Waals surface area contributed by atoms with E-state index in [1.165, 1.54) is 0 Å². The normalized spacial score (nSPS) is 14.4. The lowest BCUT2D eigenvalue weighted by atomic mass is 10.0. The molecule has 0 radical (unpaired) electrons. The van der Waals surface area contributed by atoms with Crippen LogP contribution in [0.25, 0.3) is 35.2 Å². The number of rotatable bonds is 6. The van der Waals surface area contributed by atoms with Crippen LogP contribution in [0.5, 0.6) is 0 Å². The highest BCUT2D eigenvalue weighted by Gasteiger charge is 2.17. The third kappa shape index (κ3) is 5.90. The third-order valence-corrected chi connectivity index (χ3v) is 7.69. The molecule has 0 bridgehead atoms. The number of nitrogens with zero attached hydrogens (tertiary/aromatic N) is 1. The predicted molar refractivity (Wildman–Crippen MR) is 181 cm³/mol. The SMILES string of the molecule is Cn1c(C=C2C=C(c3ccccc3)OC(c3ccccc3)=C2)ccc1C=C1C=C(c2ccccc2)OC(c2ccccc2)=C1. The molecule has 2 aliphatic heterocycles. The molecule has 0 unspecified atom stereocenters. The predicted octanol–water partition coefficient (Wildman–Crippen LogP) is 10.0. The van der Waals surface area contributed by atoms with Gasteiger partial charge in [0.05, 0.1) is 0 Å². The van der Waals surface area contributed by atoms with Gasteiger partial charge in [0, 0.05) is 40.7 Å². The lowest BCUT2D eigenvalue weighted by Gasteiger charge is -2.19. The number of aromatic nitrogens is 1. The van der Waals surface area contributed by atoms with Gasteiger partial charge in [-0.2, -0.15) is 0 Å². The molecule has 212 valence electrons. The summed E-state index contributed by atoms with van der Waals surface area (Å²) in [5, 5.41) is 0. The summed E-state index contributed by atoms with van der Waals surface area (Å²) in [6, 6.07) is 45.3. The fraction of sp³-hybridized carbons (Fsp3) is 0.0244. The number of hydrogen-bond acceptors (Lipinski definition) is 2. The van der Waals surface area contributed by atoms with Gasteiger partial charge in [0.2, 0.25) is 0 Å². The summed E-state index contributed by atoms with van der Waals surface area (Å²) in [6.45, 7) is 0. The first-order chi connectivity index (χ1) is 21.7. The van der Waals surface area contributed by atoms with Crippen LogP contribution in [-0.2, 0) is 16.5 Å². The van der Waals surface area contributed by atoms with E-state index in [0.717, 1.165) is 67.8 Å². The van der Waals surface area contributed by atoms with E-state index < -0.39 is 0 Å². The monoisotopic (exact) mass is 569 g/mol. The highest BCUT2D eigenvalue weighted by Crippen LogP contribution is 2.34. The zero-order valence-corrected chi connectivity index (χ0v) is 24.4. The van der Waals surface area contributed by atoms with Crippen LogP contribution in [-0.4, -0.2) is 4.57 Å². The molecule has 3 heteroatoms. The minimum atomic E-state index is 0.828. The summed E-state index contributed by atoms with van der Waals surface area (Å²) < 4.78 is 15.0. The van der Waals surface area contributed by atoms with Crippen molar-refractivity contribution >= 4 is 35.2 Å². The van der Waals surface area contributed by atoms with Gasteiger partial charge in [0.15, 0.2) is 0 Å². The molecule has 0 aliphatic carbocycles. The van der Waals surface area contributed by atoms with Crippen molar-refractivity contribution in [3.05, 3.63) is 203 Å². The minimum Gasteiger partial charge on any atom is -0.456 e. The van der Waals surface area contributed by atoms with Gasteiger partial charge in [-0.15, -0.1) is 0 Å². The smallest absolute Gasteiger partial charge is 0.135 e. The Morgan fingerprint density at radius 3 is 0.932 bits per heavy atom. The second kappa shape index (κ2) is 12.2. The molecule has 0 amide bonds. The Kier molecular flexibility index (Phi) is 7.51. The highest BCUT2D eigenvalue weighted by atomic mass is 16.5. The quantitative estimate of drug-likeness (QED) is 0.203. The van der Waals surface area contributed by atoms with E-state index in [1.54, 1.807) is 0 Å². The first-order valence-corrected chi connectivity index (χ1v) is 14.7. The van der Waals surface area contributed by atoms with Gasteiger partial charge < -0.3 is 14.0 Å². The molecular weight excluding hydrogens is 538 g/mol. The summed E-state index contributed by atoms with van der Waals surface area (Å²) >= 11 is 0. The Labute approximate surface area is 258 Å². The third-order valence-electron chi connectivity index (χ3n) is 7.69. The van der Waals surface area contributed by atoms with E-state index in [9.17, 15) is 0 Å². The summed E-state index contributed by atoms with van der Waals surface area (Å²) in [5.74, 6) is 3.31. The molecule has 4 aromatic carbocycles. The summed E-state index contributed by atoms with van der Waals surface area (Å²) in [6.07, 6.45) is 12.8. The zero-order chi connectivity index (χ0) is 29.7. The van der Waals surface area contributed by atoms with E-state index in [2.05, 4.69) is 109 Å². The number of ether oxygens (including phenoxy) is 2. The second-order valence-electron chi connectivity index (χ2n) is 10.7. The van der Waals surface area contributed by atoms with Crippen LogP contribution in [0.4, 0.5) is 0 Å². The minimum absolute atomic E-state index is 0.828. The molecule has 0 atom stereocenters. The number of benzene rings is 4. The maximum Gasteiger partial charge on any atom is 0.135 e. The van der Waals surface area contributed by atoms with Crippen molar-refractivity contribution < 1.29 is 9.47 Å². The van der Waals surface area contributed by atoms with Gasteiger partial charge in [-0.25, -0.2) is 0 Å². The zero-order valence-electron chi connectivity index (χ0n) is 24.4. The van der Waals surface area contributed by atoms with Crippen LogP contribution in [0.3, 0.4) is 0 Å². The Balaban J connectivity index is 1.27. The van der Waals surface area contributed by atoms with Crippen molar-refractivity contribution in [2.45, 2.75) is 0 Å². The highest BCUT2D eigenvalue weighted by molar-refractivity contribution is 5.82. The van der Waals surface area contributed by atoms with E-state index in [-0.39, 0.29) is 0 Å². The Hall–Kier alpha value is -5.80. The van der Waals surface area contributed by atoms with Gasteiger partial charge in [-0.1, -0.05) is 121 Å². The maximum atomic E-state index is 6.40. The summed E-state index contributed by atoms with van der Waals surface area (Å²) in [5.41, 5.74) is 8.48. The van der Waals surface area contributed by atoms with Crippen LogP contribution in [0, 0.1) is 0 Å². The van der Waals surface area contributed by atoms with Crippen molar-refractivity contribution in [3.63, 3.8) is 0 Å². The van der Waals surface area contributed by atoms with Crippen molar-refractivity contribution in [3.8, 4) is 0 Å². The molecule has 3 nitrogen and oxygen atoms in total. The van der Waals surface area contributed by atoms with Gasteiger partial charge in [-0.3, -0.25) is 0 Å². The topological polar surface area (TPSA) is 23.4 Å². The standard InChI is InChI=1S/C41H31NO2/c1-42-36(24-30-26-38(32-14-6-2-7-15-32)43-39(27-30)33-16-8-3-9-17-33)22-23-37(42)25-31-28-40(34-18-10-4-11-19-34)44-41(29-31)35-20-12-5-13-21-35/h2-29H,1H3. The van der Waals surface area contributed by atoms with Crippen LogP contribution in [0.1, 0.15) is 33.6 Å². The van der Waals surface area contributed by atoms with E-state index >= 15 is 0 Å². The van der Waals surface area contributed by atoms with Crippen molar-refractivity contribution in [1.82, 2.24) is 4.57 Å². The van der Waals surface area contributed by atoms with E-state index in [1.807, 2.05) is 72.8 Å². The Morgan fingerprint density at radius 1 is 0.386 bits per heavy atom. The average Bonchev–Trinajstić information content (AvgIpc) is 3.43. The maximum absolute atomic E-state index is 6.40. The van der Waals surface area contributed by atoms with Gasteiger partial charge in [-0.05, 0) is 59.7 Å². The average molecular weight is 570 g/mol. The molecular formula is C41H31NO2. The molecule has 44 heavy (non-hydrogen) atoms. The molecule has 1 aromatic heterocycles. The van der Waals surface area contributed by atoms with Crippen LogP contribution >= 0.6 is 0 Å². The fourth-order valence-electron chi connectivity index (χ4n) is 5.36. The number of hydrogen-bond donors (Lipinski definition) is 0. The van der Waals surface area contributed by atoms with E-state index in [4.69, 9.17) is 9.47 Å². The molecule has 0 N–H and O–H groups in total. The van der Waals surface area contributed by atoms with Crippen LogP contribution < -0.4 is 0 Å². The van der Waals surface area contributed by atoms with Crippen LogP contribution in [0.2, 0.25) is 0 Å². The summed E-state index contributed by atoms with van der Waals surface area (Å²) in [7, 11) is 2.10. The molecule has 3 heterocycles. The molecule has 0 fully saturated rings. The fourth-order valence-corrected chi connectivity index (χ4v) is 5.36. The second-order valence-corrected chi connectivity index (χ2v) is 10.7. The Morgan fingerprint density at radius 2 is 0.659 bits per heavy atom. The lowest BCUT2D eigenvalue weighted by molar-refractivity contribution is 0.466. The van der Waals surface area contributed by atoms with Crippen molar-refractivity contribution in [1.29, 1.82) is 0 Å². The van der Waals surface area contributed by atoms with Gasteiger partial charge in [0.1, 0.15) is 23.0 Å². The van der Waals surface area contributed by atoms with E-state index in [0.29, 0.717) is 0 Å².